The molecule has 22 heavy (non-hydrogen) atoms. The first-order valence-electron chi connectivity index (χ1n) is 7.56. The average molecular weight is 293 g/mol. The number of likely N-dealkylation sites (N-methyl/N-ethyl adjacent to an activating group) is 1. The van der Waals surface area contributed by atoms with Crippen molar-refractivity contribution in [3.63, 3.8) is 0 Å². The number of carbonyl (C=O) groups is 2. The Morgan fingerprint density at radius 1 is 0.955 bits per heavy atom. The highest BCUT2D eigenvalue weighted by Crippen LogP contribution is 2.39. The van der Waals surface area contributed by atoms with Gasteiger partial charge < -0.3 is 0 Å². The lowest BCUT2D eigenvalue weighted by molar-refractivity contribution is -0.134. The zero-order chi connectivity index (χ0) is 15.7. The molecule has 2 amide bonds. The Morgan fingerprint density at radius 3 is 2.27 bits per heavy atom. The standard InChI is InChI=1S/C19H19NO2/c1-3-19(13-14-9-5-4-6-10-14)16-12-8-7-11-15(16)17(21)20(2)18(19)22/h4-12H,3,13H2,1-2H3. The average Bonchev–Trinajstić information content (AvgIpc) is 2.58. The lowest BCUT2D eigenvalue weighted by Gasteiger charge is -2.40. The predicted octanol–water partition coefficient (Wildman–Crippen LogP) is 3.19. The zero-order valence-corrected chi connectivity index (χ0v) is 12.9. The van der Waals surface area contributed by atoms with Gasteiger partial charge in [-0.1, -0.05) is 55.5 Å². The van der Waals surface area contributed by atoms with Crippen molar-refractivity contribution in [2.75, 3.05) is 7.05 Å². The van der Waals surface area contributed by atoms with Crippen LogP contribution in [0, 0.1) is 0 Å². The predicted molar refractivity (Wildman–Crippen MR) is 85.7 cm³/mol. The third kappa shape index (κ3) is 2.05. The molecule has 0 N–H and O–H groups in total. The Balaban J connectivity index is 2.18. The van der Waals surface area contributed by atoms with Gasteiger partial charge in [0, 0.05) is 12.6 Å². The van der Waals surface area contributed by atoms with E-state index in [4.69, 9.17) is 0 Å². The molecule has 3 heteroatoms. The Bertz CT molecular complexity index is 723. The largest absolute Gasteiger partial charge is 0.281 e. The molecule has 0 saturated heterocycles. The second-order valence-electron chi connectivity index (χ2n) is 5.81. The van der Waals surface area contributed by atoms with Crippen molar-refractivity contribution in [1.82, 2.24) is 4.90 Å². The summed E-state index contributed by atoms with van der Waals surface area (Å²) >= 11 is 0. The van der Waals surface area contributed by atoms with Gasteiger partial charge in [0.05, 0.1) is 5.41 Å². The van der Waals surface area contributed by atoms with E-state index in [1.54, 1.807) is 7.05 Å². The lowest BCUT2D eigenvalue weighted by atomic mass is 9.68. The minimum absolute atomic E-state index is 0.109. The van der Waals surface area contributed by atoms with Crippen molar-refractivity contribution in [2.24, 2.45) is 0 Å². The molecule has 1 aliphatic rings. The van der Waals surface area contributed by atoms with Crippen molar-refractivity contribution in [1.29, 1.82) is 0 Å². The highest BCUT2D eigenvalue weighted by atomic mass is 16.2. The maximum atomic E-state index is 13.0. The van der Waals surface area contributed by atoms with E-state index in [9.17, 15) is 9.59 Å². The van der Waals surface area contributed by atoms with Crippen LogP contribution in [0.2, 0.25) is 0 Å². The van der Waals surface area contributed by atoms with Crippen molar-refractivity contribution in [2.45, 2.75) is 25.2 Å². The zero-order valence-electron chi connectivity index (χ0n) is 12.9. The Morgan fingerprint density at radius 2 is 1.59 bits per heavy atom. The van der Waals surface area contributed by atoms with Crippen LogP contribution in [0.15, 0.2) is 54.6 Å². The minimum Gasteiger partial charge on any atom is -0.281 e. The molecular weight excluding hydrogens is 274 g/mol. The first-order chi connectivity index (χ1) is 10.6. The number of hydrogen-bond donors (Lipinski definition) is 0. The van der Waals surface area contributed by atoms with Gasteiger partial charge in [-0.3, -0.25) is 14.5 Å². The van der Waals surface area contributed by atoms with E-state index in [2.05, 4.69) is 0 Å². The molecule has 0 radical (unpaired) electrons. The van der Waals surface area contributed by atoms with Crippen LogP contribution in [0.1, 0.15) is 34.8 Å². The van der Waals surface area contributed by atoms with Gasteiger partial charge in [-0.25, -0.2) is 0 Å². The molecule has 0 fully saturated rings. The number of fused-ring (bicyclic) bond motifs is 1. The lowest BCUT2D eigenvalue weighted by Crippen LogP contribution is -2.53. The van der Waals surface area contributed by atoms with Crippen molar-refractivity contribution in [3.8, 4) is 0 Å². The maximum Gasteiger partial charge on any atom is 0.260 e. The molecule has 112 valence electrons. The van der Waals surface area contributed by atoms with E-state index in [0.717, 1.165) is 11.1 Å². The minimum atomic E-state index is -0.666. The summed E-state index contributed by atoms with van der Waals surface area (Å²) in [6.45, 7) is 2.02. The molecule has 3 rings (SSSR count). The van der Waals surface area contributed by atoms with Gasteiger partial charge >= 0.3 is 0 Å². The Hall–Kier alpha value is -2.42. The monoisotopic (exact) mass is 293 g/mol. The molecule has 1 atom stereocenters. The first kappa shape index (κ1) is 14.5. The maximum absolute atomic E-state index is 13.0. The third-order valence-corrected chi connectivity index (χ3v) is 4.64. The number of carbonyl (C=O) groups excluding carboxylic acids is 2. The van der Waals surface area contributed by atoms with Crippen LogP contribution >= 0.6 is 0 Å². The molecule has 0 aromatic heterocycles. The van der Waals surface area contributed by atoms with Crippen LogP contribution < -0.4 is 0 Å². The number of benzene rings is 2. The second kappa shape index (κ2) is 5.41. The van der Waals surface area contributed by atoms with E-state index >= 15 is 0 Å². The van der Waals surface area contributed by atoms with Gasteiger partial charge in [0.2, 0.25) is 5.91 Å². The summed E-state index contributed by atoms with van der Waals surface area (Å²) in [6.07, 6.45) is 1.27. The Kier molecular flexibility index (Phi) is 3.57. The topological polar surface area (TPSA) is 37.4 Å². The van der Waals surface area contributed by atoms with Gasteiger partial charge in [0.1, 0.15) is 0 Å². The molecule has 2 aromatic rings. The number of amides is 2. The number of imide groups is 1. The van der Waals surface area contributed by atoms with Crippen LogP contribution in [-0.2, 0) is 16.6 Å². The highest BCUT2D eigenvalue weighted by Gasteiger charge is 2.48. The van der Waals surface area contributed by atoms with Gasteiger partial charge in [0.25, 0.3) is 5.91 Å². The summed E-state index contributed by atoms with van der Waals surface area (Å²) in [6, 6.07) is 17.5. The molecule has 1 heterocycles. The van der Waals surface area contributed by atoms with Crippen LogP contribution in [0.25, 0.3) is 0 Å². The molecule has 1 unspecified atom stereocenters. The number of hydrogen-bond acceptors (Lipinski definition) is 2. The summed E-state index contributed by atoms with van der Waals surface area (Å²) in [5.74, 6) is -0.319. The molecular formula is C19H19NO2. The summed E-state index contributed by atoms with van der Waals surface area (Å²) in [7, 11) is 1.58. The van der Waals surface area contributed by atoms with Crippen molar-refractivity contribution >= 4 is 11.8 Å². The first-order valence-corrected chi connectivity index (χ1v) is 7.56. The van der Waals surface area contributed by atoms with Gasteiger partial charge in [0.15, 0.2) is 0 Å². The van der Waals surface area contributed by atoms with E-state index < -0.39 is 5.41 Å². The smallest absolute Gasteiger partial charge is 0.260 e. The van der Waals surface area contributed by atoms with Crippen LogP contribution in [-0.4, -0.2) is 23.8 Å². The van der Waals surface area contributed by atoms with Crippen molar-refractivity contribution in [3.05, 3.63) is 71.3 Å². The second-order valence-corrected chi connectivity index (χ2v) is 5.81. The van der Waals surface area contributed by atoms with Crippen LogP contribution in [0.4, 0.5) is 0 Å². The summed E-state index contributed by atoms with van der Waals surface area (Å²) in [4.78, 5) is 26.6. The number of nitrogens with zero attached hydrogens (tertiary/aromatic N) is 1. The molecule has 0 aliphatic carbocycles. The van der Waals surface area contributed by atoms with Gasteiger partial charge in [-0.05, 0) is 30.0 Å². The van der Waals surface area contributed by atoms with E-state index in [-0.39, 0.29) is 11.8 Å². The van der Waals surface area contributed by atoms with Crippen LogP contribution in [0.3, 0.4) is 0 Å². The van der Waals surface area contributed by atoms with E-state index in [0.29, 0.717) is 18.4 Å². The summed E-state index contributed by atoms with van der Waals surface area (Å²) in [5, 5.41) is 0. The van der Waals surface area contributed by atoms with E-state index in [1.807, 2.05) is 61.5 Å². The molecule has 3 nitrogen and oxygen atoms in total. The quantitative estimate of drug-likeness (QED) is 0.815. The fourth-order valence-corrected chi connectivity index (χ4v) is 3.38. The molecule has 2 aromatic carbocycles. The van der Waals surface area contributed by atoms with Crippen molar-refractivity contribution < 1.29 is 9.59 Å². The van der Waals surface area contributed by atoms with E-state index in [1.165, 1.54) is 4.90 Å². The Labute approximate surface area is 130 Å². The summed E-state index contributed by atoms with van der Waals surface area (Å²) < 4.78 is 0. The molecule has 0 spiro atoms. The molecule has 1 aliphatic heterocycles. The molecule has 0 bridgehead atoms. The highest BCUT2D eigenvalue weighted by molar-refractivity contribution is 6.13. The van der Waals surface area contributed by atoms with Crippen LogP contribution in [0.5, 0.6) is 0 Å². The SMILES string of the molecule is CCC1(Cc2ccccc2)C(=O)N(C)C(=O)c2ccccc21. The normalized spacial score (nSPS) is 20.9. The fraction of sp³-hybridized carbons (Fsp3) is 0.263. The summed E-state index contributed by atoms with van der Waals surface area (Å²) in [5.41, 5.74) is 1.94. The van der Waals surface area contributed by atoms with Gasteiger partial charge in [-0.15, -0.1) is 0 Å². The molecule has 0 saturated carbocycles. The third-order valence-electron chi connectivity index (χ3n) is 4.64. The number of rotatable bonds is 3. The fourth-order valence-electron chi connectivity index (χ4n) is 3.38. The van der Waals surface area contributed by atoms with Gasteiger partial charge in [-0.2, -0.15) is 0 Å².